The molecular formula is C15H24N2O. The summed E-state index contributed by atoms with van der Waals surface area (Å²) in [6, 6.07) is 4.54. The second-order valence-corrected chi connectivity index (χ2v) is 5.24. The Balaban J connectivity index is 2.20. The lowest BCUT2D eigenvalue weighted by molar-refractivity contribution is 0.0421. The normalized spacial score (nSPS) is 20.2. The van der Waals surface area contributed by atoms with Gasteiger partial charge in [-0.05, 0) is 38.9 Å². The highest BCUT2D eigenvalue weighted by atomic mass is 16.5. The molecule has 100 valence electrons. The molecule has 0 aromatic heterocycles. The molecule has 1 heterocycles. The van der Waals surface area contributed by atoms with Crippen LogP contribution in [0.2, 0.25) is 0 Å². The highest BCUT2D eigenvalue weighted by molar-refractivity contribution is 5.60. The standard InChI is InChI=1S/C15H24N2O/c1-11-7-12(2)15(13(3)8-11)17-5-6-18-14(10-17)9-16-4/h7-8,14,16H,5-6,9-10H2,1-4H3. The third kappa shape index (κ3) is 2.85. The highest BCUT2D eigenvalue weighted by Crippen LogP contribution is 2.27. The van der Waals surface area contributed by atoms with Crippen molar-refractivity contribution >= 4 is 5.69 Å². The van der Waals surface area contributed by atoms with Crippen molar-refractivity contribution in [1.82, 2.24) is 5.32 Å². The molecule has 18 heavy (non-hydrogen) atoms. The van der Waals surface area contributed by atoms with Gasteiger partial charge in [-0.3, -0.25) is 0 Å². The Hall–Kier alpha value is -1.06. The van der Waals surface area contributed by atoms with E-state index in [2.05, 4.69) is 43.1 Å². The van der Waals surface area contributed by atoms with Crippen molar-refractivity contribution in [2.75, 3.05) is 38.2 Å². The van der Waals surface area contributed by atoms with E-state index in [1.54, 1.807) is 0 Å². The molecule has 1 saturated heterocycles. The van der Waals surface area contributed by atoms with E-state index in [1.807, 2.05) is 7.05 Å². The first-order valence-electron chi connectivity index (χ1n) is 6.71. The number of ether oxygens (including phenoxy) is 1. The van der Waals surface area contributed by atoms with Crippen molar-refractivity contribution in [3.63, 3.8) is 0 Å². The summed E-state index contributed by atoms with van der Waals surface area (Å²) in [5, 5.41) is 3.20. The average molecular weight is 248 g/mol. The Kier molecular flexibility index (Phi) is 4.25. The van der Waals surface area contributed by atoms with Crippen LogP contribution >= 0.6 is 0 Å². The molecule has 0 aliphatic carbocycles. The van der Waals surface area contributed by atoms with Gasteiger partial charge < -0.3 is 15.0 Å². The number of nitrogens with one attached hydrogen (secondary N) is 1. The Morgan fingerprint density at radius 3 is 2.56 bits per heavy atom. The summed E-state index contributed by atoms with van der Waals surface area (Å²) in [7, 11) is 1.98. The number of likely N-dealkylation sites (N-methyl/N-ethyl adjacent to an activating group) is 1. The van der Waals surface area contributed by atoms with E-state index in [9.17, 15) is 0 Å². The summed E-state index contributed by atoms with van der Waals surface area (Å²) in [5.74, 6) is 0. The molecule has 1 aliphatic rings. The summed E-state index contributed by atoms with van der Waals surface area (Å²) in [6.45, 7) is 10.3. The number of morpholine rings is 1. The van der Waals surface area contributed by atoms with Gasteiger partial charge in [0.2, 0.25) is 0 Å². The topological polar surface area (TPSA) is 24.5 Å². The zero-order valence-corrected chi connectivity index (χ0v) is 11.9. The van der Waals surface area contributed by atoms with Gasteiger partial charge in [-0.15, -0.1) is 0 Å². The van der Waals surface area contributed by atoms with Crippen molar-refractivity contribution < 1.29 is 4.74 Å². The maximum atomic E-state index is 5.77. The van der Waals surface area contributed by atoms with E-state index in [0.717, 1.165) is 26.2 Å². The zero-order valence-electron chi connectivity index (χ0n) is 11.9. The Morgan fingerprint density at radius 1 is 1.28 bits per heavy atom. The number of rotatable bonds is 3. The molecule has 0 radical (unpaired) electrons. The van der Waals surface area contributed by atoms with Crippen molar-refractivity contribution in [2.45, 2.75) is 26.9 Å². The molecule has 3 heteroatoms. The SMILES string of the molecule is CNCC1CN(c2c(C)cc(C)cc2C)CCO1. The number of hydrogen-bond acceptors (Lipinski definition) is 3. The third-order valence-electron chi connectivity index (χ3n) is 3.52. The molecule has 1 fully saturated rings. The van der Waals surface area contributed by atoms with Gasteiger partial charge in [0, 0.05) is 25.3 Å². The summed E-state index contributed by atoms with van der Waals surface area (Å²) in [6.07, 6.45) is 0.295. The van der Waals surface area contributed by atoms with E-state index in [-0.39, 0.29) is 0 Å². The molecule has 1 aromatic rings. The van der Waals surface area contributed by atoms with Crippen molar-refractivity contribution in [1.29, 1.82) is 0 Å². The summed E-state index contributed by atoms with van der Waals surface area (Å²) >= 11 is 0. The number of aryl methyl sites for hydroxylation is 3. The van der Waals surface area contributed by atoms with Crippen LogP contribution in [0.4, 0.5) is 5.69 Å². The van der Waals surface area contributed by atoms with Crippen LogP contribution in [0.25, 0.3) is 0 Å². The molecule has 1 N–H and O–H groups in total. The summed E-state index contributed by atoms with van der Waals surface area (Å²) < 4.78 is 5.77. The fourth-order valence-electron chi connectivity index (χ4n) is 2.94. The Labute approximate surface area is 110 Å². The van der Waals surface area contributed by atoms with Crippen molar-refractivity contribution in [3.05, 3.63) is 28.8 Å². The molecule has 1 unspecified atom stereocenters. The highest BCUT2D eigenvalue weighted by Gasteiger charge is 2.22. The second-order valence-electron chi connectivity index (χ2n) is 5.24. The average Bonchev–Trinajstić information content (AvgIpc) is 2.28. The van der Waals surface area contributed by atoms with Gasteiger partial charge in [0.05, 0.1) is 12.7 Å². The molecule has 3 nitrogen and oxygen atoms in total. The lowest BCUT2D eigenvalue weighted by Gasteiger charge is -2.36. The third-order valence-corrected chi connectivity index (χ3v) is 3.52. The smallest absolute Gasteiger partial charge is 0.0874 e. The minimum atomic E-state index is 0.295. The number of benzene rings is 1. The van der Waals surface area contributed by atoms with Crippen LogP contribution in [-0.2, 0) is 4.74 Å². The second kappa shape index (κ2) is 5.72. The van der Waals surface area contributed by atoms with E-state index in [0.29, 0.717) is 6.10 Å². The van der Waals surface area contributed by atoms with E-state index in [4.69, 9.17) is 4.74 Å². The summed E-state index contributed by atoms with van der Waals surface area (Å²) in [4.78, 5) is 2.47. The molecule has 0 spiro atoms. The fourth-order valence-corrected chi connectivity index (χ4v) is 2.94. The van der Waals surface area contributed by atoms with Crippen LogP contribution in [0.15, 0.2) is 12.1 Å². The van der Waals surface area contributed by atoms with Gasteiger partial charge in [-0.25, -0.2) is 0 Å². The molecule has 1 aliphatic heterocycles. The van der Waals surface area contributed by atoms with Crippen molar-refractivity contribution in [3.8, 4) is 0 Å². The van der Waals surface area contributed by atoms with Crippen LogP contribution in [0.1, 0.15) is 16.7 Å². The van der Waals surface area contributed by atoms with Gasteiger partial charge >= 0.3 is 0 Å². The molecule has 0 saturated carbocycles. The molecule has 2 rings (SSSR count). The van der Waals surface area contributed by atoms with Gasteiger partial charge in [0.15, 0.2) is 0 Å². The predicted molar refractivity (Wildman–Crippen MR) is 76.5 cm³/mol. The lowest BCUT2D eigenvalue weighted by Crippen LogP contribution is -2.46. The predicted octanol–water partition coefficient (Wildman–Crippen LogP) is 2.04. The minimum absolute atomic E-state index is 0.295. The maximum absolute atomic E-state index is 5.77. The Bertz CT molecular complexity index is 392. The van der Waals surface area contributed by atoms with Gasteiger partial charge in [-0.1, -0.05) is 17.7 Å². The van der Waals surface area contributed by atoms with E-state index in [1.165, 1.54) is 22.4 Å². The van der Waals surface area contributed by atoms with E-state index < -0.39 is 0 Å². The van der Waals surface area contributed by atoms with E-state index >= 15 is 0 Å². The van der Waals surface area contributed by atoms with Crippen LogP contribution < -0.4 is 10.2 Å². The first-order valence-corrected chi connectivity index (χ1v) is 6.71. The Morgan fingerprint density at radius 2 is 1.94 bits per heavy atom. The quantitative estimate of drug-likeness (QED) is 0.886. The first-order chi connectivity index (χ1) is 8.61. The molecule has 1 atom stereocenters. The van der Waals surface area contributed by atoms with Crippen LogP contribution in [-0.4, -0.2) is 39.4 Å². The minimum Gasteiger partial charge on any atom is -0.373 e. The summed E-state index contributed by atoms with van der Waals surface area (Å²) in [5.41, 5.74) is 5.48. The lowest BCUT2D eigenvalue weighted by atomic mass is 10.0. The maximum Gasteiger partial charge on any atom is 0.0874 e. The molecular weight excluding hydrogens is 224 g/mol. The number of anilines is 1. The fraction of sp³-hybridized carbons (Fsp3) is 0.600. The van der Waals surface area contributed by atoms with Gasteiger partial charge in [0.25, 0.3) is 0 Å². The van der Waals surface area contributed by atoms with Gasteiger partial charge in [0.1, 0.15) is 0 Å². The monoisotopic (exact) mass is 248 g/mol. The number of nitrogens with zero attached hydrogens (tertiary/aromatic N) is 1. The van der Waals surface area contributed by atoms with Crippen LogP contribution in [0, 0.1) is 20.8 Å². The molecule has 0 bridgehead atoms. The van der Waals surface area contributed by atoms with Crippen LogP contribution in [0.5, 0.6) is 0 Å². The zero-order chi connectivity index (χ0) is 13.1. The number of hydrogen-bond donors (Lipinski definition) is 1. The van der Waals surface area contributed by atoms with Gasteiger partial charge in [-0.2, -0.15) is 0 Å². The van der Waals surface area contributed by atoms with Crippen molar-refractivity contribution in [2.24, 2.45) is 0 Å². The molecule has 1 aromatic carbocycles. The van der Waals surface area contributed by atoms with Crippen LogP contribution in [0.3, 0.4) is 0 Å². The molecule has 0 amide bonds. The first kappa shape index (κ1) is 13.4. The largest absolute Gasteiger partial charge is 0.373 e.